The molecule has 6 unspecified atom stereocenters. The van der Waals surface area contributed by atoms with Gasteiger partial charge in [0, 0.05) is 37.5 Å². The Morgan fingerprint density at radius 3 is 2.36 bits per heavy atom. The molecule has 3 amide bonds. The average Bonchev–Trinajstić information content (AvgIpc) is 3.82. The van der Waals surface area contributed by atoms with Gasteiger partial charge in [-0.15, -0.1) is 0 Å². The van der Waals surface area contributed by atoms with E-state index in [1.807, 2.05) is 89.8 Å². The van der Waals surface area contributed by atoms with Crippen LogP contribution in [0, 0.1) is 17.8 Å². The molecule has 2 saturated heterocycles. The lowest BCUT2D eigenvalue weighted by Crippen LogP contribution is -2.56. The lowest BCUT2D eigenvalue weighted by Gasteiger charge is -2.46. The van der Waals surface area contributed by atoms with E-state index in [0.717, 1.165) is 47.4 Å². The van der Waals surface area contributed by atoms with E-state index in [-0.39, 0.29) is 38.7 Å². The van der Waals surface area contributed by atoms with Gasteiger partial charge in [-0.2, -0.15) is 0 Å². The van der Waals surface area contributed by atoms with Crippen molar-refractivity contribution in [3.63, 3.8) is 0 Å². The number of morpholine rings is 1. The number of cyclic esters (lactones) is 1. The first kappa shape index (κ1) is 45.1. The van der Waals surface area contributed by atoms with Crippen LogP contribution in [0.2, 0.25) is 0 Å². The van der Waals surface area contributed by atoms with Gasteiger partial charge in [0.2, 0.25) is 11.8 Å². The number of methoxy groups -OCH3 is 1. The summed E-state index contributed by atoms with van der Waals surface area (Å²) in [6.07, 6.45) is 6.22. The molecule has 1 spiro atoms. The topological polar surface area (TPSA) is 157 Å². The Morgan fingerprint density at radius 1 is 0.851 bits per heavy atom. The molecule has 0 radical (unpaired) electrons. The molecule has 0 bridgehead atoms. The first-order valence-electron chi connectivity index (χ1n) is 22.8. The van der Waals surface area contributed by atoms with Gasteiger partial charge in [0.15, 0.2) is 0 Å². The van der Waals surface area contributed by atoms with Gasteiger partial charge in [0.25, 0.3) is 0 Å². The highest BCUT2D eigenvalue weighted by Gasteiger charge is 2.75. The second-order valence-corrected chi connectivity index (χ2v) is 17.0. The second kappa shape index (κ2) is 20.2. The van der Waals surface area contributed by atoms with E-state index in [9.17, 15) is 9.90 Å². The fourth-order valence-electron chi connectivity index (χ4n) is 10.3. The zero-order chi connectivity index (χ0) is 46.3. The number of nitrogens with zero attached hydrogens (tertiary/aromatic N) is 3. The fourth-order valence-corrected chi connectivity index (χ4v) is 10.3. The van der Waals surface area contributed by atoms with Crippen molar-refractivity contribution in [2.45, 2.75) is 61.7 Å². The van der Waals surface area contributed by atoms with Crippen molar-refractivity contribution in [3.8, 4) is 17.6 Å². The summed E-state index contributed by atoms with van der Waals surface area (Å²) < 4.78 is 23.5. The van der Waals surface area contributed by atoms with Gasteiger partial charge in [0.05, 0.1) is 36.9 Å². The zero-order valence-corrected chi connectivity index (χ0v) is 37.2. The first-order valence-corrected chi connectivity index (χ1v) is 22.8. The van der Waals surface area contributed by atoms with Gasteiger partial charge in [0.1, 0.15) is 36.5 Å². The van der Waals surface area contributed by atoms with Crippen molar-refractivity contribution in [1.29, 1.82) is 0 Å². The minimum absolute atomic E-state index is 0.0106. The van der Waals surface area contributed by atoms with Gasteiger partial charge in [-0.1, -0.05) is 96.8 Å². The highest BCUT2D eigenvalue weighted by molar-refractivity contribution is 6.23. The van der Waals surface area contributed by atoms with E-state index in [0.29, 0.717) is 34.4 Å². The Bertz CT molecular complexity index is 2700. The summed E-state index contributed by atoms with van der Waals surface area (Å²) in [4.78, 5) is 69.3. The molecule has 2 fully saturated rings. The standard InChI is InChI=1S/C54H52N4O9/c1-64-32-33-66-53(63)57-44-26-25-37(24-23-36-14-5-2-6-15-36)34-43(44)54(52(57)62)45(50(60)56-29-27-41-21-11-12-28-55-41)47-51(61)67-48(39-18-9-4-10-19-39)46(38-16-7-3-8-17-38)58(47)49(54)40-20-13-22-42(35-40)65-31-30-59/h3-4,7-14,16-22,25-26,28,34-35,45-49,59H,2,5-6,15,27,29-33H2,1H3,(H,56,60). The van der Waals surface area contributed by atoms with Crippen molar-refractivity contribution in [1.82, 2.24) is 15.2 Å². The van der Waals surface area contributed by atoms with E-state index < -0.39 is 59.4 Å². The molecule has 3 aliphatic heterocycles. The van der Waals surface area contributed by atoms with Crippen LogP contribution in [0.3, 0.4) is 0 Å². The van der Waals surface area contributed by atoms with Crippen molar-refractivity contribution >= 4 is 29.6 Å². The molecule has 2 N–H and O–H groups in total. The molecule has 4 heterocycles. The van der Waals surface area contributed by atoms with Crippen LogP contribution in [-0.4, -0.2) is 85.0 Å². The smallest absolute Gasteiger partial charge is 0.421 e. The number of anilines is 1. The SMILES string of the molecule is COCCOC(=O)N1C(=O)C2(c3cc(C#CC4=CCCCC4)ccc31)C(C(=O)NCCc1ccccn1)C1C(=O)OC(c3ccccc3)C(c3ccccc3)N1C2c1cccc(OCCO)c1. The van der Waals surface area contributed by atoms with Crippen molar-refractivity contribution in [2.24, 2.45) is 5.92 Å². The second-order valence-electron chi connectivity index (χ2n) is 17.0. The largest absolute Gasteiger partial charge is 0.491 e. The molecule has 9 rings (SSSR count). The molecular weight excluding hydrogens is 849 g/mol. The Morgan fingerprint density at radius 2 is 1.63 bits per heavy atom. The van der Waals surface area contributed by atoms with Crippen LogP contribution in [-0.2, 0) is 40.4 Å². The maximum absolute atomic E-state index is 16.4. The molecule has 1 aromatic heterocycles. The van der Waals surface area contributed by atoms with E-state index in [2.05, 4.69) is 28.2 Å². The van der Waals surface area contributed by atoms with Gasteiger partial charge in [-0.3, -0.25) is 24.3 Å². The molecule has 4 aliphatic rings. The van der Waals surface area contributed by atoms with E-state index >= 15 is 14.4 Å². The molecule has 13 heteroatoms. The molecule has 342 valence electrons. The number of esters is 1. The van der Waals surface area contributed by atoms with Crippen LogP contribution in [0.5, 0.6) is 5.75 Å². The highest BCUT2D eigenvalue weighted by Crippen LogP contribution is 2.66. The number of aliphatic hydroxyl groups excluding tert-OH is 1. The molecule has 4 aromatic carbocycles. The third kappa shape index (κ3) is 8.71. The number of hydrogen-bond acceptors (Lipinski definition) is 11. The number of aliphatic hydroxyl groups is 1. The number of rotatable bonds is 13. The van der Waals surface area contributed by atoms with Crippen LogP contribution in [0.1, 0.15) is 77.4 Å². The summed E-state index contributed by atoms with van der Waals surface area (Å²) >= 11 is 0. The Hall–Kier alpha value is -7.11. The maximum Gasteiger partial charge on any atom is 0.421 e. The number of nitrogens with one attached hydrogen (secondary N) is 1. The Balaban J connectivity index is 1.32. The van der Waals surface area contributed by atoms with E-state index in [1.54, 1.807) is 42.6 Å². The molecule has 0 saturated carbocycles. The van der Waals surface area contributed by atoms with Crippen LogP contribution in [0.4, 0.5) is 10.5 Å². The lowest BCUT2D eigenvalue weighted by molar-refractivity contribution is -0.178. The highest BCUT2D eigenvalue weighted by atomic mass is 16.6. The minimum atomic E-state index is -2.01. The number of benzene rings is 4. The van der Waals surface area contributed by atoms with Crippen molar-refractivity contribution in [3.05, 3.63) is 173 Å². The summed E-state index contributed by atoms with van der Waals surface area (Å²) in [6, 6.07) is 33.5. The number of pyridine rings is 1. The molecule has 13 nitrogen and oxygen atoms in total. The number of imide groups is 1. The number of amides is 3. The summed E-state index contributed by atoms with van der Waals surface area (Å²) in [5.74, 6) is 3.50. The quantitative estimate of drug-likeness (QED) is 0.0706. The zero-order valence-electron chi connectivity index (χ0n) is 37.2. The van der Waals surface area contributed by atoms with Gasteiger partial charge in [-0.05, 0) is 96.0 Å². The number of carbonyl (C=O) groups is 4. The molecule has 67 heavy (non-hydrogen) atoms. The summed E-state index contributed by atoms with van der Waals surface area (Å²) in [7, 11) is 1.48. The maximum atomic E-state index is 16.4. The third-order valence-electron chi connectivity index (χ3n) is 13.0. The third-order valence-corrected chi connectivity index (χ3v) is 13.0. The summed E-state index contributed by atoms with van der Waals surface area (Å²) in [5, 5.41) is 12.9. The van der Waals surface area contributed by atoms with Crippen LogP contribution >= 0.6 is 0 Å². The number of ether oxygens (including phenoxy) is 4. The predicted octanol–water partition coefficient (Wildman–Crippen LogP) is 7.11. The number of aromatic nitrogens is 1. The number of fused-ring (bicyclic) bond motifs is 3. The van der Waals surface area contributed by atoms with Crippen molar-refractivity contribution in [2.75, 3.05) is 45.0 Å². The van der Waals surface area contributed by atoms with Gasteiger partial charge in [-0.25, -0.2) is 9.69 Å². The lowest BCUT2D eigenvalue weighted by atomic mass is 9.65. The normalized spacial score (nSPS) is 23.0. The number of carbonyl (C=O) groups excluding carboxylic acids is 4. The summed E-state index contributed by atoms with van der Waals surface area (Å²) in [5.41, 5.74) is 2.80. The molecule has 5 aromatic rings. The predicted molar refractivity (Wildman–Crippen MR) is 249 cm³/mol. The Kier molecular flexibility index (Phi) is 13.6. The van der Waals surface area contributed by atoms with Crippen LogP contribution < -0.4 is 15.0 Å². The minimum Gasteiger partial charge on any atom is -0.491 e. The van der Waals surface area contributed by atoms with E-state index in [1.165, 1.54) is 7.11 Å². The first-order chi connectivity index (χ1) is 32.8. The molecule has 6 atom stereocenters. The monoisotopic (exact) mass is 900 g/mol. The molecular formula is C54H52N4O9. The fraction of sp³-hybridized carbons (Fsp3) is 0.315. The van der Waals surface area contributed by atoms with E-state index in [4.69, 9.17) is 18.9 Å². The average molecular weight is 901 g/mol. The summed E-state index contributed by atoms with van der Waals surface area (Å²) in [6.45, 7) is -0.217. The number of hydrogen-bond donors (Lipinski definition) is 2. The van der Waals surface area contributed by atoms with Gasteiger partial charge >= 0.3 is 12.1 Å². The number of allylic oxidation sites excluding steroid dienone is 2. The van der Waals surface area contributed by atoms with Crippen LogP contribution in [0.25, 0.3) is 0 Å². The Labute approximate surface area is 389 Å². The molecule has 1 aliphatic carbocycles. The van der Waals surface area contributed by atoms with Crippen LogP contribution in [0.15, 0.2) is 139 Å². The van der Waals surface area contributed by atoms with Gasteiger partial charge < -0.3 is 29.4 Å². The van der Waals surface area contributed by atoms with Crippen molar-refractivity contribution < 1.29 is 43.2 Å².